The van der Waals surface area contributed by atoms with Crippen LogP contribution in [0.1, 0.15) is 29.9 Å². The van der Waals surface area contributed by atoms with Crippen molar-refractivity contribution in [3.63, 3.8) is 0 Å². The number of carbonyl (C=O) groups is 3. The fraction of sp³-hybridized carbons (Fsp3) is 0.192. The van der Waals surface area contributed by atoms with Crippen molar-refractivity contribution in [2.75, 3.05) is 11.9 Å². The summed E-state index contributed by atoms with van der Waals surface area (Å²) in [4.78, 5) is 36.7. The molecule has 2 amide bonds. The third-order valence-electron chi connectivity index (χ3n) is 5.79. The van der Waals surface area contributed by atoms with Crippen LogP contribution >= 0.6 is 38.5 Å². The molecule has 1 aliphatic rings. The number of amides is 2. The minimum absolute atomic E-state index is 0.0765. The molecule has 0 radical (unpaired) electrons. The molecule has 4 rings (SSSR count). The molecule has 0 heterocycles. The molecule has 3 aromatic rings. The number of hydrogen-bond acceptors (Lipinski definition) is 4. The number of hydrogen-bond donors (Lipinski definition) is 3. The first-order valence-electron chi connectivity index (χ1n) is 10.9. The highest BCUT2D eigenvalue weighted by molar-refractivity contribution is 14.1. The van der Waals surface area contributed by atoms with Gasteiger partial charge in [-0.1, -0.05) is 48.5 Å². The van der Waals surface area contributed by atoms with E-state index in [4.69, 9.17) is 9.84 Å². The molecule has 1 unspecified atom stereocenters. The highest BCUT2D eigenvalue weighted by Crippen LogP contribution is 2.44. The van der Waals surface area contributed by atoms with E-state index < -0.39 is 24.0 Å². The standard InChI is InChI=1S/C26H22BrIN2O5/c27-21-10-9-15(28)13-23(21)29-25(33)22(11-12-24(31)32)30-26(34)35-14-20-18-7-3-1-5-16(18)17-6-2-4-8-19(17)20/h1-10,13,20,22H,11-12,14H2,(H,29,33)(H,30,34)(H,31,32). The maximum absolute atomic E-state index is 12.9. The summed E-state index contributed by atoms with van der Waals surface area (Å²) in [5, 5.41) is 14.4. The number of benzene rings is 3. The Morgan fingerprint density at radius 3 is 2.26 bits per heavy atom. The first-order chi connectivity index (χ1) is 16.8. The van der Waals surface area contributed by atoms with Gasteiger partial charge in [0, 0.05) is 20.4 Å². The molecule has 0 aromatic heterocycles. The molecular formula is C26H22BrIN2O5. The number of alkyl carbamates (subject to hydrolysis) is 1. The molecule has 0 fully saturated rings. The van der Waals surface area contributed by atoms with Crippen molar-refractivity contribution in [2.24, 2.45) is 0 Å². The number of aliphatic carboxylic acids is 1. The van der Waals surface area contributed by atoms with Crippen LogP contribution in [0.3, 0.4) is 0 Å². The van der Waals surface area contributed by atoms with Crippen LogP contribution in [0, 0.1) is 3.57 Å². The molecule has 0 saturated heterocycles. The van der Waals surface area contributed by atoms with Gasteiger partial charge in [-0.15, -0.1) is 0 Å². The molecule has 0 bridgehead atoms. The maximum Gasteiger partial charge on any atom is 0.407 e. The van der Waals surface area contributed by atoms with Crippen LogP contribution in [0.15, 0.2) is 71.2 Å². The molecular weight excluding hydrogens is 627 g/mol. The average Bonchev–Trinajstić information content (AvgIpc) is 3.16. The number of rotatable bonds is 8. The minimum Gasteiger partial charge on any atom is -0.481 e. The Kier molecular flexibility index (Phi) is 8.07. The topological polar surface area (TPSA) is 105 Å². The molecule has 0 spiro atoms. The Morgan fingerprint density at radius 1 is 1.00 bits per heavy atom. The normalized spacial score (nSPS) is 12.9. The van der Waals surface area contributed by atoms with Crippen LogP contribution in [-0.2, 0) is 14.3 Å². The number of anilines is 1. The first kappa shape index (κ1) is 25.2. The lowest BCUT2D eigenvalue weighted by Gasteiger charge is -2.20. The summed E-state index contributed by atoms with van der Waals surface area (Å²) < 4.78 is 7.11. The first-order valence-corrected chi connectivity index (χ1v) is 12.8. The lowest BCUT2D eigenvalue weighted by atomic mass is 9.98. The number of carboxylic acids is 1. The van der Waals surface area contributed by atoms with Crippen LogP contribution in [0.5, 0.6) is 0 Å². The third-order valence-corrected chi connectivity index (χ3v) is 7.15. The SMILES string of the molecule is O=C(O)CCC(NC(=O)OCC1c2ccccc2-c2ccccc21)C(=O)Nc1cc(I)ccc1Br. The van der Waals surface area contributed by atoms with Crippen LogP contribution in [0.2, 0.25) is 0 Å². The third kappa shape index (κ3) is 6.02. The lowest BCUT2D eigenvalue weighted by molar-refractivity contribution is -0.137. The zero-order valence-electron chi connectivity index (χ0n) is 18.5. The molecule has 1 atom stereocenters. The van der Waals surface area contributed by atoms with E-state index in [0.717, 1.165) is 25.8 Å². The van der Waals surface area contributed by atoms with Gasteiger partial charge >= 0.3 is 12.1 Å². The molecule has 7 nitrogen and oxygen atoms in total. The van der Waals surface area contributed by atoms with Gasteiger partial charge < -0.3 is 20.5 Å². The smallest absolute Gasteiger partial charge is 0.407 e. The monoisotopic (exact) mass is 648 g/mol. The zero-order valence-corrected chi connectivity index (χ0v) is 22.2. The summed E-state index contributed by atoms with van der Waals surface area (Å²) >= 11 is 5.51. The Bertz CT molecular complexity index is 1240. The molecule has 0 saturated carbocycles. The minimum atomic E-state index is -1.08. The van der Waals surface area contributed by atoms with Crippen molar-refractivity contribution in [3.8, 4) is 11.1 Å². The highest BCUT2D eigenvalue weighted by atomic mass is 127. The van der Waals surface area contributed by atoms with E-state index in [1.54, 1.807) is 12.1 Å². The predicted molar refractivity (Wildman–Crippen MR) is 144 cm³/mol. The van der Waals surface area contributed by atoms with Gasteiger partial charge in [-0.3, -0.25) is 9.59 Å². The second-order valence-corrected chi connectivity index (χ2v) is 10.2. The van der Waals surface area contributed by atoms with E-state index in [-0.39, 0.29) is 25.4 Å². The fourth-order valence-electron chi connectivity index (χ4n) is 4.13. The summed E-state index contributed by atoms with van der Waals surface area (Å²) in [5.74, 6) is -1.71. The van der Waals surface area contributed by atoms with Gasteiger partial charge in [0.2, 0.25) is 5.91 Å². The largest absolute Gasteiger partial charge is 0.481 e. The molecule has 0 aliphatic heterocycles. The van der Waals surface area contributed by atoms with E-state index in [0.29, 0.717) is 10.2 Å². The Labute approximate surface area is 224 Å². The van der Waals surface area contributed by atoms with Crippen molar-refractivity contribution in [2.45, 2.75) is 24.8 Å². The van der Waals surface area contributed by atoms with Crippen LogP contribution in [0.25, 0.3) is 11.1 Å². The average molecular weight is 649 g/mol. The van der Waals surface area contributed by atoms with E-state index in [1.807, 2.05) is 54.6 Å². The molecule has 35 heavy (non-hydrogen) atoms. The molecule has 180 valence electrons. The van der Waals surface area contributed by atoms with Crippen LogP contribution < -0.4 is 10.6 Å². The fourth-order valence-corrected chi connectivity index (χ4v) is 4.97. The molecule has 3 aromatic carbocycles. The van der Waals surface area contributed by atoms with Gasteiger partial charge in [0.25, 0.3) is 0 Å². The second kappa shape index (κ2) is 11.2. The molecule has 3 N–H and O–H groups in total. The molecule has 9 heteroatoms. The number of carbonyl (C=O) groups excluding carboxylic acids is 2. The van der Waals surface area contributed by atoms with Gasteiger partial charge in [-0.05, 0) is 85.4 Å². The summed E-state index contributed by atoms with van der Waals surface area (Å²) in [6.45, 7) is 0.0928. The van der Waals surface area contributed by atoms with Crippen LogP contribution in [0.4, 0.5) is 10.5 Å². The maximum atomic E-state index is 12.9. The Balaban J connectivity index is 1.44. The van der Waals surface area contributed by atoms with Crippen LogP contribution in [-0.4, -0.2) is 35.7 Å². The highest BCUT2D eigenvalue weighted by Gasteiger charge is 2.30. The second-order valence-electron chi connectivity index (χ2n) is 8.07. The lowest BCUT2D eigenvalue weighted by Crippen LogP contribution is -2.44. The van der Waals surface area contributed by atoms with Crippen molar-refractivity contribution in [1.29, 1.82) is 0 Å². The summed E-state index contributed by atoms with van der Waals surface area (Å²) in [5.41, 5.74) is 4.89. The van der Waals surface area contributed by atoms with E-state index in [9.17, 15) is 14.4 Å². The van der Waals surface area contributed by atoms with Crippen molar-refractivity contribution in [3.05, 3.63) is 85.9 Å². The van der Waals surface area contributed by atoms with E-state index >= 15 is 0 Å². The van der Waals surface area contributed by atoms with Gasteiger partial charge in [-0.25, -0.2) is 4.79 Å². The zero-order chi connectivity index (χ0) is 24.9. The summed E-state index contributed by atoms with van der Waals surface area (Å²) in [6, 6.07) is 20.3. The van der Waals surface area contributed by atoms with E-state index in [1.165, 1.54) is 0 Å². The number of carboxylic acid groups (broad SMARTS) is 1. The Morgan fingerprint density at radius 2 is 1.63 bits per heavy atom. The summed E-state index contributed by atoms with van der Waals surface area (Å²) in [7, 11) is 0. The number of ether oxygens (including phenoxy) is 1. The quantitative estimate of drug-likeness (QED) is 0.269. The van der Waals surface area contributed by atoms with Crippen molar-refractivity contribution >= 4 is 62.2 Å². The number of halogens is 2. The van der Waals surface area contributed by atoms with Gasteiger partial charge in [-0.2, -0.15) is 0 Å². The van der Waals surface area contributed by atoms with Gasteiger partial charge in [0.05, 0.1) is 5.69 Å². The van der Waals surface area contributed by atoms with E-state index in [2.05, 4.69) is 49.2 Å². The Hall–Kier alpha value is -2.92. The van der Waals surface area contributed by atoms with Crippen molar-refractivity contribution in [1.82, 2.24) is 5.32 Å². The van der Waals surface area contributed by atoms with Crippen molar-refractivity contribution < 1.29 is 24.2 Å². The predicted octanol–water partition coefficient (Wildman–Crippen LogP) is 5.76. The van der Waals surface area contributed by atoms with Gasteiger partial charge in [0.1, 0.15) is 12.6 Å². The number of nitrogens with one attached hydrogen (secondary N) is 2. The number of fused-ring (bicyclic) bond motifs is 3. The molecule has 1 aliphatic carbocycles. The summed E-state index contributed by atoms with van der Waals surface area (Å²) in [6.07, 6.45) is -1.14. The van der Waals surface area contributed by atoms with Gasteiger partial charge in [0.15, 0.2) is 0 Å².